The molecule has 0 amide bonds. The Morgan fingerprint density at radius 3 is 1.89 bits per heavy atom. The van der Waals surface area contributed by atoms with Gasteiger partial charge >= 0.3 is 0 Å². The molecule has 8 rings (SSSR count). The number of allylic oxidation sites excluding steroid dienone is 10. The average Bonchev–Trinajstić information content (AvgIpc) is 3.11. The van der Waals surface area contributed by atoms with Crippen LogP contribution >= 0.6 is 0 Å². The van der Waals surface area contributed by atoms with Crippen LogP contribution in [0.2, 0.25) is 0 Å². The van der Waals surface area contributed by atoms with Gasteiger partial charge < -0.3 is 0 Å². The quantitative estimate of drug-likeness (QED) is 0.203. The maximum atomic E-state index is 4.26. The summed E-state index contributed by atoms with van der Waals surface area (Å²) < 4.78 is 0. The van der Waals surface area contributed by atoms with Crippen molar-refractivity contribution in [1.29, 1.82) is 0 Å². The third-order valence-corrected chi connectivity index (χ3v) is 10.0. The van der Waals surface area contributed by atoms with Gasteiger partial charge in [-0.3, -0.25) is 9.97 Å². The molecule has 2 nitrogen and oxygen atoms in total. The Labute approximate surface area is 271 Å². The molecule has 3 aromatic carbocycles. The average molecular weight is 593 g/mol. The second kappa shape index (κ2) is 11.5. The van der Waals surface area contributed by atoms with E-state index in [1.165, 1.54) is 72.4 Å². The molecule has 0 N–H and O–H groups in total. The lowest BCUT2D eigenvalue weighted by atomic mass is 9.57. The highest BCUT2D eigenvalue weighted by Gasteiger charge is 2.44. The molecule has 0 fully saturated rings. The predicted octanol–water partition coefficient (Wildman–Crippen LogP) is 11.0. The monoisotopic (exact) mass is 592 g/mol. The van der Waals surface area contributed by atoms with Crippen LogP contribution in [0.5, 0.6) is 0 Å². The van der Waals surface area contributed by atoms with Crippen molar-refractivity contribution in [3.63, 3.8) is 0 Å². The first-order valence-electron chi connectivity index (χ1n) is 16.2. The summed E-state index contributed by atoms with van der Waals surface area (Å²) in [5, 5.41) is 0. The van der Waals surface area contributed by atoms with E-state index < -0.39 is 0 Å². The summed E-state index contributed by atoms with van der Waals surface area (Å²) in [6.45, 7) is 4.86. The zero-order valence-corrected chi connectivity index (χ0v) is 26.3. The highest BCUT2D eigenvalue weighted by Crippen LogP contribution is 2.60. The first kappa shape index (κ1) is 28.2. The minimum Gasteiger partial charge on any atom is -0.265 e. The van der Waals surface area contributed by atoms with Gasteiger partial charge in [0, 0.05) is 30.2 Å². The SMILES string of the molecule is CC1CC2=C(c3cccc(-c4ccncc4)c3)C3(C)CC=CC=C3C(c3cccc(-c4ccncc4)c3)=C2C=C1c1ccccc1. The molecule has 3 aliphatic carbocycles. The minimum atomic E-state index is -0.176. The summed E-state index contributed by atoms with van der Waals surface area (Å²) in [5.74, 6) is 0.386. The second-order valence-corrected chi connectivity index (χ2v) is 12.9. The van der Waals surface area contributed by atoms with Crippen molar-refractivity contribution < 1.29 is 0 Å². The Balaban J connectivity index is 1.42. The molecule has 0 bridgehead atoms. The summed E-state index contributed by atoms with van der Waals surface area (Å²) in [7, 11) is 0. The first-order valence-corrected chi connectivity index (χ1v) is 16.2. The lowest BCUT2D eigenvalue weighted by molar-refractivity contribution is 0.541. The van der Waals surface area contributed by atoms with Crippen molar-refractivity contribution in [2.24, 2.45) is 11.3 Å². The Kier molecular flexibility index (Phi) is 7.07. The van der Waals surface area contributed by atoms with Crippen molar-refractivity contribution in [3.8, 4) is 22.3 Å². The molecule has 0 radical (unpaired) electrons. The van der Waals surface area contributed by atoms with E-state index in [-0.39, 0.29) is 5.41 Å². The van der Waals surface area contributed by atoms with Crippen molar-refractivity contribution >= 4 is 16.7 Å². The van der Waals surface area contributed by atoms with E-state index in [1.807, 2.05) is 24.8 Å². The van der Waals surface area contributed by atoms with Gasteiger partial charge in [0.25, 0.3) is 0 Å². The maximum absolute atomic E-state index is 4.26. The molecule has 3 aliphatic rings. The fourth-order valence-electron chi connectivity index (χ4n) is 7.81. The van der Waals surface area contributed by atoms with Gasteiger partial charge in [0.15, 0.2) is 0 Å². The smallest absolute Gasteiger partial charge is 0.0273 e. The van der Waals surface area contributed by atoms with Gasteiger partial charge in [-0.2, -0.15) is 0 Å². The van der Waals surface area contributed by atoms with Gasteiger partial charge in [-0.15, -0.1) is 0 Å². The minimum absolute atomic E-state index is 0.176. The Morgan fingerprint density at radius 2 is 1.22 bits per heavy atom. The Bertz CT molecular complexity index is 2100. The largest absolute Gasteiger partial charge is 0.265 e. The van der Waals surface area contributed by atoms with Crippen LogP contribution in [0.4, 0.5) is 0 Å². The van der Waals surface area contributed by atoms with Crippen LogP contribution in [-0.2, 0) is 0 Å². The molecular weight excluding hydrogens is 556 g/mol. The molecule has 2 aromatic heterocycles. The van der Waals surface area contributed by atoms with Crippen LogP contribution in [0.15, 0.2) is 169 Å². The van der Waals surface area contributed by atoms with E-state index >= 15 is 0 Å². The van der Waals surface area contributed by atoms with E-state index in [0.29, 0.717) is 5.92 Å². The second-order valence-electron chi connectivity index (χ2n) is 12.9. The van der Waals surface area contributed by atoms with Gasteiger partial charge in [-0.05, 0) is 134 Å². The molecular formula is C44H36N2. The fraction of sp³-hybridized carbons (Fsp3) is 0.136. The summed E-state index contributed by atoms with van der Waals surface area (Å²) in [4.78, 5) is 8.53. The van der Waals surface area contributed by atoms with Gasteiger partial charge in [0.05, 0.1) is 0 Å². The number of aromatic nitrogens is 2. The third-order valence-electron chi connectivity index (χ3n) is 10.0. The van der Waals surface area contributed by atoms with E-state index in [0.717, 1.165) is 12.8 Å². The number of nitrogens with zero attached hydrogens (tertiary/aromatic N) is 2. The number of fused-ring (bicyclic) bond motifs is 2. The van der Waals surface area contributed by atoms with Crippen molar-refractivity contribution in [1.82, 2.24) is 9.97 Å². The van der Waals surface area contributed by atoms with E-state index in [2.05, 4.69) is 151 Å². The van der Waals surface area contributed by atoms with Crippen LogP contribution in [-0.4, -0.2) is 9.97 Å². The van der Waals surface area contributed by atoms with Crippen LogP contribution in [0, 0.1) is 11.3 Å². The molecule has 5 aromatic rings. The predicted molar refractivity (Wildman–Crippen MR) is 191 cm³/mol. The molecule has 2 heterocycles. The zero-order chi connectivity index (χ0) is 31.1. The topological polar surface area (TPSA) is 25.8 Å². The third kappa shape index (κ3) is 4.82. The Morgan fingerprint density at radius 1 is 0.630 bits per heavy atom. The van der Waals surface area contributed by atoms with Gasteiger partial charge in [-0.1, -0.05) is 98.8 Å². The van der Waals surface area contributed by atoms with Crippen molar-refractivity contribution in [2.75, 3.05) is 0 Å². The number of hydrogen-bond donors (Lipinski definition) is 0. The van der Waals surface area contributed by atoms with E-state index in [1.54, 1.807) is 0 Å². The highest BCUT2D eigenvalue weighted by molar-refractivity contribution is 6.01. The van der Waals surface area contributed by atoms with Gasteiger partial charge in [0.2, 0.25) is 0 Å². The van der Waals surface area contributed by atoms with E-state index in [9.17, 15) is 0 Å². The normalized spacial score (nSPS) is 20.5. The van der Waals surface area contributed by atoms with Gasteiger partial charge in [0.1, 0.15) is 0 Å². The zero-order valence-electron chi connectivity index (χ0n) is 26.3. The molecule has 0 spiro atoms. The number of hydrogen-bond acceptors (Lipinski definition) is 2. The maximum Gasteiger partial charge on any atom is 0.0273 e. The van der Waals surface area contributed by atoms with Gasteiger partial charge in [-0.25, -0.2) is 0 Å². The summed E-state index contributed by atoms with van der Waals surface area (Å²) >= 11 is 0. The molecule has 0 saturated carbocycles. The number of rotatable bonds is 5. The summed E-state index contributed by atoms with van der Waals surface area (Å²) in [6.07, 6.45) is 19.0. The molecule has 2 unspecified atom stereocenters. The molecule has 222 valence electrons. The molecule has 2 heteroatoms. The van der Waals surface area contributed by atoms with Crippen molar-refractivity contribution in [3.05, 3.63) is 186 Å². The van der Waals surface area contributed by atoms with E-state index in [4.69, 9.17) is 0 Å². The Hall–Kier alpha value is -5.34. The number of pyridine rings is 2. The standard InChI is InChI=1S/C44H36N2/c1-30-26-40-39(29-38(30)33-10-4-3-5-11-33)42(36-14-8-12-34(27-36)31-17-22-45-23-18-31)41-16-6-7-21-44(41,2)43(40)37-15-9-13-35(28-37)32-19-24-46-25-20-32/h3-20,22-25,27-30H,21,26H2,1-2H3. The molecule has 46 heavy (non-hydrogen) atoms. The summed E-state index contributed by atoms with van der Waals surface area (Å²) in [5.41, 5.74) is 16.9. The summed E-state index contributed by atoms with van der Waals surface area (Å²) in [6, 6.07) is 37.6. The fourth-order valence-corrected chi connectivity index (χ4v) is 7.81. The lowest BCUT2D eigenvalue weighted by Gasteiger charge is -2.45. The number of benzene rings is 3. The molecule has 0 aliphatic heterocycles. The first-order chi connectivity index (χ1) is 22.6. The van der Waals surface area contributed by atoms with Crippen LogP contribution in [0.1, 0.15) is 43.4 Å². The lowest BCUT2D eigenvalue weighted by Crippen LogP contribution is -2.30. The van der Waals surface area contributed by atoms with Crippen molar-refractivity contribution in [2.45, 2.75) is 26.7 Å². The van der Waals surface area contributed by atoms with Crippen LogP contribution in [0.3, 0.4) is 0 Å². The molecule has 2 atom stereocenters. The van der Waals surface area contributed by atoms with Crippen LogP contribution in [0.25, 0.3) is 39.0 Å². The highest BCUT2D eigenvalue weighted by atomic mass is 14.6. The van der Waals surface area contributed by atoms with Crippen LogP contribution < -0.4 is 0 Å². The molecule has 0 saturated heterocycles.